The van der Waals surface area contributed by atoms with Crippen LogP contribution in [0.1, 0.15) is 24.8 Å². The highest BCUT2D eigenvalue weighted by atomic mass is 16.5. The number of carbonyl (C=O) groups is 1. The van der Waals surface area contributed by atoms with Gasteiger partial charge in [0.2, 0.25) is 5.91 Å². The van der Waals surface area contributed by atoms with Gasteiger partial charge in [0.1, 0.15) is 5.75 Å². The molecule has 2 rings (SSSR count). The normalized spacial score (nSPS) is 17.1. The Kier molecular flexibility index (Phi) is 4.80. The van der Waals surface area contributed by atoms with Crippen molar-refractivity contribution in [2.45, 2.75) is 19.3 Å². The number of methoxy groups -OCH3 is 1. The second-order valence-electron chi connectivity index (χ2n) is 4.81. The van der Waals surface area contributed by atoms with Gasteiger partial charge in [0.05, 0.1) is 13.0 Å². The molecule has 0 aromatic heterocycles. The molecule has 1 aliphatic heterocycles. The molecule has 1 unspecified atom stereocenters. The van der Waals surface area contributed by atoms with E-state index in [9.17, 15) is 4.79 Å². The van der Waals surface area contributed by atoms with Gasteiger partial charge in [-0.3, -0.25) is 4.79 Å². The van der Waals surface area contributed by atoms with E-state index in [2.05, 4.69) is 12.2 Å². The molecule has 0 saturated carbocycles. The first-order chi connectivity index (χ1) is 9.26. The second-order valence-corrected chi connectivity index (χ2v) is 4.81. The molecule has 0 aliphatic carbocycles. The monoisotopic (exact) mass is 262 g/mol. The Labute approximate surface area is 114 Å². The quantitative estimate of drug-likeness (QED) is 0.896. The van der Waals surface area contributed by atoms with Crippen LogP contribution in [0.2, 0.25) is 0 Å². The van der Waals surface area contributed by atoms with Gasteiger partial charge in [-0.25, -0.2) is 0 Å². The van der Waals surface area contributed by atoms with Crippen LogP contribution >= 0.6 is 0 Å². The minimum absolute atomic E-state index is 0.0380. The summed E-state index contributed by atoms with van der Waals surface area (Å²) >= 11 is 0. The van der Waals surface area contributed by atoms with Crippen molar-refractivity contribution in [1.29, 1.82) is 0 Å². The van der Waals surface area contributed by atoms with Gasteiger partial charge in [-0.2, -0.15) is 0 Å². The van der Waals surface area contributed by atoms with Crippen LogP contribution in [-0.2, 0) is 4.79 Å². The highest BCUT2D eigenvalue weighted by Crippen LogP contribution is 2.24. The highest BCUT2D eigenvalue weighted by molar-refractivity contribution is 5.83. The van der Waals surface area contributed by atoms with E-state index in [0.717, 1.165) is 43.9 Å². The van der Waals surface area contributed by atoms with Crippen molar-refractivity contribution in [2.24, 2.45) is 0 Å². The number of piperazine rings is 1. The smallest absolute Gasteiger partial charge is 0.230 e. The maximum Gasteiger partial charge on any atom is 0.230 e. The van der Waals surface area contributed by atoms with E-state index in [1.807, 2.05) is 29.2 Å². The molecule has 1 fully saturated rings. The van der Waals surface area contributed by atoms with Crippen molar-refractivity contribution >= 4 is 5.91 Å². The summed E-state index contributed by atoms with van der Waals surface area (Å²) in [4.78, 5) is 14.5. The van der Waals surface area contributed by atoms with Gasteiger partial charge < -0.3 is 15.0 Å². The maximum atomic E-state index is 12.6. The molecule has 4 nitrogen and oxygen atoms in total. The fourth-order valence-corrected chi connectivity index (χ4v) is 2.49. The Morgan fingerprint density at radius 1 is 1.32 bits per heavy atom. The fourth-order valence-electron chi connectivity index (χ4n) is 2.49. The summed E-state index contributed by atoms with van der Waals surface area (Å²) in [6, 6.07) is 7.83. The molecule has 104 valence electrons. The van der Waals surface area contributed by atoms with Gasteiger partial charge in [0.15, 0.2) is 0 Å². The lowest BCUT2D eigenvalue weighted by Crippen LogP contribution is -2.48. The van der Waals surface area contributed by atoms with Gasteiger partial charge in [-0.15, -0.1) is 0 Å². The zero-order chi connectivity index (χ0) is 13.7. The third-order valence-electron chi connectivity index (χ3n) is 3.65. The molecule has 1 amide bonds. The number of ether oxygens (including phenoxy) is 1. The lowest BCUT2D eigenvalue weighted by molar-refractivity contribution is -0.133. The summed E-state index contributed by atoms with van der Waals surface area (Å²) in [5.74, 6) is 1.03. The summed E-state index contributed by atoms with van der Waals surface area (Å²) < 4.78 is 5.16. The van der Waals surface area contributed by atoms with Crippen LogP contribution in [0.3, 0.4) is 0 Å². The van der Waals surface area contributed by atoms with Gasteiger partial charge in [0, 0.05) is 26.2 Å². The third-order valence-corrected chi connectivity index (χ3v) is 3.65. The molecule has 0 radical (unpaired) electrons. The van der Waals surface area contributed by atoms with Crippen molar-refractivity contribution < 1.29 is 9.53 Å². The van der Waals surface area contributed by atoms with Crippen molar-refractivity contribution in [3.05, 3.63) is 29.8 Å². The number of rotatable bonds is 4. The Morgan fingerprint density at radius 2 is 1.95 bits per heavy atom. The van der Waals surface area contributed by atoms with E-state index >= 15 is 0 Å². The van der Waals surface area contributed by atoms with Crippen LogP contribution in [0.15, 0.2) is 24.3 Å². The zero-order valence-electron chi connectivity index (χ0n) is 11.7. The topological polar surface area (TPSA) is 41.6 Å². The Balaban J connectivity index is 2.11. The molecule has 1 aromatic rings. The van der Waals surface area contributed by atoms with Crippen LogP contribution < -0.4 is 10.1 Å². The fraction of sp³-hybridized carbons (Fsp3) is 0.533. The van der Waals surface area contributed by atoms with Crippen molar-refractivity contribution in [3.8, 4) is 5.75 Å². The van der Waals surface area contributed by atoms with Gasteiger partial charge in [-0.1, -0.05) is 19.1 Å². The molecule has 19 heavy (non-hydrogen) atoms. The van der Waals surface area contributed by atoms with E-state index in [1.54, 1.807) is 7.11 Å². The van der Waals surface area contributed by atoms with Crippen LogP contribution in [0, 0.1) is 0 Å². The molecule has 1 N–H and O–H groups in total. The first-order valence-corrected chi connectivity index (χ1v) is 6.89. The number of hydrogen-bond acceptors (Lipinski definition) is 3. The van der Waals surface area contributed by atoms with Crippen LogP contribution in [0.4, 0.5) is 0 Å². The highest BCUT2D eigenvalue weighted by Gasteiger charge is 2.25. The van der Waals surface area contributed by atoms with E-state index in [4.69, 9.17) is 4.74 Å². The number of nitrogens with one attached hydrogen (secondary N) is 1. The SMILES string of the molecule is CCC(C(=O)N1CCNCC1)c1ccc(OC)cc1. The lowest BCUT2D eigenvalue weighted by atomic mass is 9.94. The molecule has 1 saturated heterocycles. The summed E-state index contributed by atoms with van der Waals surface area (Å²) in [5, 5.41) is 3.27. The van der Waals surface area contributed by atoms with Crippen molar-refractivity contribution in [2.75, 3.05) is 33.3 Å². The van der Waals surface area contributed by atoms with E-state index in [0.29, 0.717) is 0 Å². The summed E-state index contributed by atoms with van der Waals surface area (Å²) in [5.41, 5.74) is 1.08. The second kappa shape index (κ2) is 6.57. The number of benzene rings is 1. The van der Waals surface area contributed by atoms with E-state index < -0.39 is 0 Å². The summed E-state index contributed by atoms with van der Waals surface area (Å²) in [6.45, 7) is 5.47. The standard InChI is InChI=1S/C15H22N2O2/c1-3-14(12-4-6-13(19-2)7-5-12)15(18)17-10-8-16-9-11-17/h4-7,14,16H,3,8-11H2,1-2H3. The minimum atomic E-state index is -0.0380. The van der Waals surface area contributed by atoms with Crippen LogP contribution in [0.5, 0.6) is 5.75 Å². The summed E-state index contributed by atoms with van der Waals surface area (Å²) in [6.07, 6.45) is 0.828. The van der Waals surface area contributed by atoms with Gasteiger partial charge in [-0.05, 0) is 24.1 Å². The van der Waals surface area contributed by atoms with Gasteiger partial charge in [0.25, 0.3) is 0 Å². The predicted molar refractivity (Wildman–Crippen MR) is 75.5 cm³/mol. The van der Waals surface area contributed by atoms with Crippen molar-refractivity contribution in [3.63, 3.8) is 0 Å². The minimum Gasteiger partial charge on any atom is -0.497 e. The molecule has 0 spiro atoms. The molecule has 1 heterocycles. The Bertz CT molecular complexity index is 411. The number of hydrogen-bond donors (Lipinski definition) is 1. The average molecular weight is 262 g/mol. The van der Waals surface area contributed by atoms with Crippen molar-refractivity contribution in [1.82, 2.24) is 10.2 Å². The van der Waals surface area contributed by atoms with Crippen LogP contribution in [-0.4, -0.2) is 44.1 Å². The third kappa shape index (κ3) is 3.26. The largest absolute Gasteiger partial charge is 0.497 e. The first-order valence-electron chi connectivity index (χ1n) is 6.89. The average Bonchev–Trinajstić information content (AvgIpc) is 2.49. The molecule has 4 heteroatoms. The summed E-state index contributed by atoms with van der Waals surface area (Å²) in [7, 11) is 1.65. The number of nitrogens with zero attached hydrogens (tertiary/aromatic N) is 1. The lowest BCUT2D eigenvalue weighted by Gasteiger charge is -2.30. The predicted octanol–water partition coefficient (Wildman–Crippen LogP) is 1.62. The molecular weight excluding hydrogens is 240 g/mol. The molecule has 1 aliphatic rings. The van der Waals surface area contributed by atoms with Gasteiger partial charge >= 0.3 is 0 Å². The van der Waals surface area contributed by atoms with Crippen LogP contribution in [0.25, 0.3) is 0 Å². The molecule has 1 atom stereocenters. The zero-order valence-corrected chi connectivity index (χ0v) is 11.7. The Morgan fingerprint density at radius 3 is 2.47 bits per heavy atom. The first kappa shape index (κ1) is 13.9. The number of amides is 1. The molecular formula is C15H22N2O2. The van der Waals surface area contributed by atoms with E-state index in [1.165, 1.54) is 0 Å². The maximum absolute atomic E-state index is 12.6. The Hall–Kier alpha value is -1.55. The molecule has 0 bridgehead atoms. The number of carbonyl (C=O) groups excluding carboxylic acids is 1. The van der Waals surface area contributed by atoms with E-state index in [-0.39, 0.29) is 11.8 Å². The molecule has 1 aromatic carbocycles.